The van der Waals surface area contributed by atoms with Crippen molar-refractivity contribution in [2.24, 2.45) is 0 Å². The van der Waals surface area contributed by atoms with E-state index in [4.69, 9.17) is 23.7 Å². The van der Waals surface area contributed by atoms with Crippen molar-refractivity contribution in [1.29, 1.82) is 0 Å². The first-order valence-electron chi connectivity index (χ1n) is 17.4. The molecule has 0 radical (unpaired) electrons. The third kappa shape index (κ3) is 6.94. The SMILES string of the molecule is CCCCCCCCC(C)(C1(C2(OC3(C4(C(C)(CCCCCCCC)S(=O)(=O)O)CCO4)CCO3)CCO2)CCO1)S(=O)(=O)O.[H-].[Na+]. The maximum atomic E-state index is 13.3. The van der Waals surface area contributed by atoms with E-state index in [1.54, 1.807) is 0 Å². The summed E-state index contributed by atoms with van der Waals surface area (Å²) in [6.07, 6.45) is 12.5. The molecule has 0 spiro atoms. The van der Waals surface area contributed by atoms with Crippen LogP contribution in [-0.2, 0) is 43.9 Å². The number of rotatable bonds is 22. The summed E-state index contributed by atoms with van der Waals surface area (Å²) in [7, 11) is -9.35. The van der Waals surface area contributed by atoms with Gasteiger partial charge >= 0.3 is 29.6 Å². The van der Waals surface area contributed by atoms with Gasteiger partial charge in [0, 0.05) is 25.7 Å². The Bertz CT molecular complexity index is 1110. The molecule has 0 saturated carbocycles. The summed E-state index contributed by atoms with van der Waals surface area (Å²) in [5.41, 5.74) is -3.11. The van der Waals surface area contributed by atoms with Gasteiger partial charge in [-0.3, -0.25) is 9.11 Å². The van der Waals surface area contributed by atoms with Crippen LogP contribution in [0.25, 0.3) is 0 Å². The van der Waals surface area contributed by atoms with Crippen molar-refractivity contribution in [2.45, 2.75) is 176 Å². The van der Waals surface area contributed by atoms with Gasteiger partial charge in [-0.1, -0.05) is 90.9 Å². The molecule has 4 heterocycles. The molecule has 11 nitrogen and oxygen atoms in total. The summed E-state index contributed by atoms with van der Waals surface area (Å²) >= 11 is 0. The minimum atomic E-state index is -4.68. The molecular weight excluding hydrogens is 647 g/mol. The Kier molecular flexibility index (Phi) is 14.2. The van der Waals surface area contributed by atoms with Crippen LogP contribution in [0.4, 0.5) is 0 Å². The summed E-state index contributed by atoms with van der Waals surface area (Å²) in [5.74, 6) is -3.27. The van der Waals surface area contributed by atoms with Crippen molar-refractivity contribution >= 4 is 20.2 Å². The number of hydrogen-bond acceptors (Lipinski definition) is 9. The fraction of sp³-hybridized carbons (Fsp3) is 1.00. The van der Waals surface area contributed by atoms with E-state index in [2.05, 4.69) is 13.8 Å². The van der Waals surface area contributed by atoms with E-state index in [1.165, 1.54) is 13.8 Å². The molecule has 4 aliphatic rings. The van der Waals surface area contributed by atoms with E-state index in [1.807, 2.05) is 0 Å². The van der Waals surface area contributed by atoms with Gasteiger partial charge in [-0.05, 0) is 26.7 Å². The minimum Gasteiger partial charge on any atom is -1.00 e. The zero-order valence-corrected chi connectivity index (χ0v) is 32.6. The molecule has 266 valence electrons. The normalized spacial score (nSPS) is 33.7. The van der Waals surface area contributed by atoms with Gasteiger partial charge in [0.2, 0.25) is 11.6 Å². The minimum absolute atomic E-state index is 0. The molecule has 4 fully saturated rings. The van der Waals surface area contributed by atoms with E-state index in [0.717, 1.165) is 64.2 Å². The Morgan fingerprint density at radius 2 is 0.870 bits per heavy atom. The third-order valence-electron chi connectivity index (χ3n) is 11.6. The monoisotopic (exact) mass is 706 g/mol. The number of hydrogen-bond donors (Lipinski definition) is 2. The predicted molar refractivity (Wildman–Crippen MR) is 171 cm³/mol. The molecule has 0 amide bonds. The first-order chi connectivity index (χ1) is 21.2. The average molecular weight is 707 g/mol. The molecule has 2 N–H and O–H groups in total. The topological polar surface area (TPSA) is 155 Å². The largest absolute Gasteiger partial charge is 1.00 e. The second-order valence-electron chi connectivity index (χ2n) is 14.1. The number of unbranched alkanes of at least 4 members (excludes halogenated alkanes) is 10. The van der Waals surface area contributed by atoms with Gasteiger partial charge in [0.15, 0.2) is 0 Å². The molecule has 4 aliphatic heterocycles. The van der Waals surface area contributed by atoms with E-state index < -0.39 is 52.5 Å². The fourth-order valence-electron chi connectivity index (χ4n) is 8.22. The summed E-state index contributed by atoms with van der Waals surface area (Å²) in [5, 5.41) is 0. The standard InChI is InChI=1S/C32H58O11S2.Na.H/c1-5-7-9-11-13-15-17-27(3,44(33,34)35)29(19-23-39-29)31(21-25-41-31)43-32(22-26-42-32)30(20-24-40-30)28(4,45(36,37)38)18-16-14-12-10-8-6-2;;/h5-26H2,1-4H3,(H,33,34,35)(H,36,37,38);;/q;+1;-1. The van der Waals surface area contributed by atoms with Gasteiger partial charge in [-0.15, -0.1) is 0 Å². The Labute approximate surface area is 301 Å². The van der Waals surface area contributed by atoms with Gasteiger partial charge in [0.1, 0.15) is 20.7 Å². The summed E-state index contributed by atoms with van der Waals surface area (Å²) < 4.78 is 103. The van der Waals surface area contributed by atoms with Gasteiger partial charge in [-0.2, -0.15) is 16.8 Å². The van der Waals surface area contributed by atoms with Crippen LogP contribution in [0.2, 0.25) is 0 Å². The Morgan fingerprint density at radius 1 is 0.587 bits per heavy atom. The van der Waals surface area contributed by atoms with Crippen LogP contribution < -0.4 is 29.6 Å². The maximum absolute atomic E-state index is 13.3. The van der Waals surface area contributed by atoms with Crippen molar-refractivity contribution in [3.63, 3.8) is 0 Å². The Balaban J connectivity index is 0.00000384. The molecule has 46 heavy (non-hydrogen) atoms. The van der Waals surface area contributed by atoms with Crippen LogP contribution in [0.5, 0.6) is 0 Å². The van der Waals surface area contributed by atoms with Crippen molar-refractivity contribution in [3.05, 3.63) is 0 Å². The van der Waals surface area contributed by atoms with Gasteiger partial charge in [0.25, 0.3) is 20.2 Å². The van der Waals surface area contributed by atoms with Crippen LogP contribution in [-0.4, -0.2) is 84.6 Å². The van der Waals surface area contributed by atoms with Crippen LogP contribution in [0.3, 0.4) is 0 Å². The third-order valence-corrected chi connectivity index (χ3v) is 14.9. The zero-order valence-electron chi connectivity index (χ0n) is 29.9. The first-order valence-corrected chi connectivity index (χ1v) is 20.2. The van der Waals surface area contributed by atoms with E-state index >= 15 is 0 Å². The van der Waals surface area contributed by atoms with Crippen LogP contribution in [0.1, 0.15) is 145 Å². The first kappa shape index (κ1) is 41.0. The fourth-order valence-corrected chi connectivity index (χ4v) is 10.5. The molecular formula is C32H59NaO11S2. The van der Waals surface area contributed by atoms with Crippen LogP contribution >= 0.6 is 0 Å². The second-order valence-corrected chi connectivity index (χ2v) is 17.8. The maximum Gasteiger partial charge on any atom is 1.00 e. The smallest absolute Gasteiger partial charge is 1.00 e. The number of ether oxygens (including phenoxy) is 5. The average Bonchev–Trinajstić information content (AvgIpc) is 2.86. The van der Waals surface area contributed by atoms with Crippen LogP contribution in [0.15, 0.2) is 0 Å². The zero-order chi connectivity index (χ0) is 33.1. The molecule has 0 aromatic carbocycles. The van der Waals surface area contributed by atoms with Gasteiger partial charge < -0.3 is 25.1 Å². The molecule has 4 rings (SSSR count). The molecule has 0 bridgehead atoms. The van der Waals surface area contributed by atoms with Gasteiger partial charge in [-0.25, -0.2) is 0 Å². The second kappa shape index (κ2) is 15.9. The van der Waals surface area contributed by atoms with Crippen LogP contribution in [0, 0.1) is 0 Å². The molecule has 0 aromatic heterocycles. The summed E-state index contributed by atoms with van der Waals surface area (Å²) in [6, 6.07) is 0. The van der Waals surface area contributed by atoms with E-state index in [9.17, 15) is 25.9 Å². The van der Waals surface area contributed by atoms with Gasteiger partial charge in [0.05, 0.1) is 26.4 Å². The summed E-state index contributed by atoms with van der Waals surface area (Å²) in [6.45, 7) is 8.32. The predicted octanol–water partition coefficient (Wildman–Crippen LogP) is 3.47. The Morgan fingerprint density at radius 3 is 1.09 bits per heavy atom. The molecule has 6 atom stereocenters. The van der Waals surface area contributed by atoms with E-state index in [0.29, 0.717) is 12.8 Å². The molecule has 6 unspecified atom stereocenters. The van der Waals surface area contributed by atoms with Crippen molar-refractivity contribution in [1.82, 2.24) is 0 Å². The molecule has 0 aliphatic carbocycles. The quantitative estimate of drug-likeness (QED) is 0.0967. The van der Waals surface area contributed by atoms with Crippen molar-refractivity contribution < 1.29 is 80.6 Å². The molecule has 14 heteroatoms. The molecule has 0 aromatic rings. The molecule has 4 saturated heterocycles. The Hall–Kier alpha value is 0.620. The van der Waals surface area contributed by atoms with E-state index in [-0.39, 0.29) is 95.9 Å². The van der Waals surface area contributed by atoms with Crippen molar-refractivity contribution in [2.75, 3.05) is 26.4 Å². The van der Waals surface area contributed by atoms with Crippen molar-refractivity contribution in [3.8, 4) is 0 Å². The summed E-state index contributed by atoms with van der Waals surface area (Å²) in [4.78, 5) is 0.